The zero-order valence-corrected chi connectivity index (χ0v) is 11.7. The molecule has 1 aliphatic carbocycles. The van der Waals surface area contributed by atoms with Crippen LogP contribution in [0.5, 0.6) is 0 Å². The molecule has 96 valence electrons. The van der Waals surface area contributed by atoms with Gasteiger partial charge in [-0.15, -0.1) is 11.3 Å². The van der Waals surface area contributed by atoms with Gasteiger partial charge in [0.2, 0.25) is 0 Å². The molecular weight excluding hydrogens is 242 g/mol. The highest BCUT2D eigenvalue weighted by molar-refractivity contribution is 7.16. The molecule has 0 aromatic carbocycles. The minimum Gasteiger partial charge on any atom is -0.390 e. The lowest BCUT2D eigenvalue weighted by molar-refractivity contribution is 0.698. The van der Waals surface area contributed by atoms with Crippen molar-refractivity contribution in [2.24, 2.45) is 0 Å². The summed E-state index contributed by atoms with van der Waals surface area (Å²) in [5.41, 5.74) is 11.0. The second-order valence-electron chi connectivity index (χ2n) is 5.31. The lowest BCUT2D eigenvalue weighted by Crippen LogP contribution is -1.99. The van der Waals surface area contributed by atoms with Crippen molar-refractivity contribution in [3.8, 4) is 11.3 Å². The number of nitrogen functional groups attached to an aromatic ring is 1. The number of H-pyrrole nitrogens is 1. The molecule has 2 aromatic rings. The summed E-state index contributed by atoms with van der Waals surface area (Å²) in [5.74, 6) is 0.474. The summed E-state index contributed by atoms with van der Waals surface area (Å²) in [6, 6.07) is 2.15. The number of aromatic amines is 1. The summed E-state index contributed by atoms with van der Waals surface area (Å²) in [4.78, 5) is 1.47. The second kappa shape index (κ2) is 4.43. The van der Waals surface area contributed by atoms with Crippen LogP contribution >= 0.6 is 11.3 Å². The molecule has 0 aliphatic heterocycles. The van der Waals surface area contributed by atoms with E-state index in [2.05, 4.69) is 30.1 Å². The predicted molar refractivity (Wildman–Crippen MR) is 77.0 cm³/mol. The van der Waals surface area contributed by atoms with Gasteiger partial charge in [-0.2, -0.15) is 5.10 Å². The van der Waals surface area contributed by atoms with Gasteiger partial charge in [0.25, 0.3) is 0 Å². The van der Waals surface area contributed by atoms with Crippen LogP contribution in [0.4, 0.5) is 5.00 Å². The molecule has 1 aliphatic rings. The van der Waals surface area contributed by atoms with Crippen molar-refractivity contribution >= 4 is 16.3 Å². The van der Waals surface area contributed by atoms with Crippen molar-refractivity contribution in [3.05, 3.63) is 22.2 Å². The normalized spacial score (nSPS) is 15.1. The zero-order valence-electron chi connectivity index (χ0n) is 10.9. The molecule has 2 heterocycles. The van der Waals surface area contributed by atoms with Crippen LogP contribution in [0.1, 0.15) is 48.7 Å². The lowest BCUT2D eigenvalue weighted by atomic mass is 9.94. The highest BCUT2D eigenvalue weighted by atomic mass is 32.1. The summed E-state index contributed by atoms with van der Waals surface area (Å²) >= 11 is 1.75. The molecule has 0 atom stereocenters. The van der Waals surface area contributed by atoms with Gasteiger partial charge in [0.1, 0.15) is 0 Å². The molecule has 3 N–H and O–H groups in total. The van der Waals surface area contributed by atoms with Crippen molar-refractivity contribution < 1.29 is 0 Å². The minimum absolute atomic E-state index is 0.474. The van der Waals surface area contributed by atoms with E-state index < -0.39 is 0 Å². The summed E-state index contributed by atoms with van der Waals surface area (Å²) in [5, 5.41) is 8.51. The number of anilines is 1. The van der Waals surface area contributed by atoms with Crippen LogP contribution in [0.3, 0.4) is 0 Å². The zero-order chi connectivity index (χ0) is 12.7. The van der Waals surface area contributed by atoms with E-state index in [1.165, 1.54) is 41.0 Å². The van der Waals surface area contributed by atoms with Crippen LogP contribution in [-0.4, -0.2) is 10.2 Å². The maximum atomic E-state index is 6.20. The standard InChI is InChI=1S/C14H19N3S/c1-8(2)10-7-11(17-16-10)13-9-5-3-4-6-12(9)18-14(13)15/h7-8H,3-6,15H2,1-2H3,(H,16,17). The molecule has 3 rings (SSSR count). The molecule has 0 saturated carbocycles. The number of thiophene rings is 1. The Hall–Kier alpha value is -1.29. The van der Waals surface area contributed by atoms with Gasteiger partial charge in [0.05, 0.1) is 10.7 Å². The van der Waals surface area contributed by atoms with Crippen molar-refractivity contribution in [2.45, 2.75) is 45.4 Å². The molecule has 4 heteroatoms. The largest absolute Gasteiger partial charge is 0.390 e. The fourth-order valence-corrected chi connectivity index (χ4v) is 3.80. The number of nitrogens with zero attached hydrogens (tertiary/aromatic N) is 1. The van der Waals surface area contributed by atoms with E-state index in [1.54, 1.807) is 11.3 Å². The number of nitrogens with one attached hydrogen (secondary N) is 1. The van der Waals surface area contributed by atoms with Crippen LogP contribution in [0.2, 0.25) is 0 Å². The quantitative estimate of drug-likeness (QED) is 0.865. The Kier molecular flexibility index (Phi) is 2.90. The van der Waals surface area contributed by atoms with Crippen LogP contribution < -0.4 is 5.73 Å². The van der Waals surface area contributed by atoms with Gasteiger partial charge in [-0.3, -0.25) is 5.10 Å². The Balaban J connectivity index is 2.07. The highest BCUT2D eigenvalue weighted by Gasteiger charge is 2.22. The molecule has 0 bridgehead atoms. The number of hydrogen-bond donors (Lipinski definition) is 2. The maximum Gasteiger partial charge on any atom is 0.0958 e. The Morgan fingerprint density at radius 2 is 2.11 bits per heavy atom. The third-order valence-electron chi connectivity index (χ3n) is 3.67. The maximum absolute atomic E-state index is 6.20. The molecule has 0 saturated heterocycles. The van der Waals surface area contributed by atoms with Gasteiger partial charge in [-0.25, -0.2) is 0 Å². The van der Waals surface area contributed by atoms with Crippen LogP contribution in [0, 0.1) is 0 Å². The molecule has 0 amide bonds. The number of nitrogens with two attached hydrogens (primary N) is 1. The van der Waals surface area contributed by atoms with Gasteiger partial charge < -0.3 is 5.73 Å². The number of aryl methyl sites for hydroxylation is 1. The van der Waals surface area contributed by atoms with E-state index in [4.69, 9.17) is 5.73 Å². The molecule has 2 aromatic heterocycles. The van der Waals surface area contributed by atoms with E-state index >= 15 is 0 Å². The second-order valence-corrected chi connectivity index (χ2v) is 6.45. The topological polar surface area (TPSA) is 54.7 Å². The fraction of sp³-hybridized carbons (Fsp3) is 0.500. The van der Waals surface area contributed by atoms with E-state index in [9.17, 15) is 0 Å². The molecule has 3 nitrogen and oxygen atoms in total. The van der Waals surface area contributed by atoms with Crippen molar-refractivity contribution in [1.82, 2.24) is 10.2 Å². The van der Waals surface area contributed by atoms with Crippen molar-refractivity contribution in [2.75, 3.05) is 5.73 Å². The minimum atomic E-state index is 0.474. The first-order chi connectivity index (χ1) is 8.66. The fourth-order valence-electron chi connectivity index (χ4n) is 2.63. The summed E-state index contributed by atoms with van der Waals surface area (Å²) < 4.78 is 0. The lowest BCUT2D eigenvalue weighted by Gasteiger charge is -2.11. The smallest absolute Gasteiger partial charge is 0.0958 e. The molecule has 0 radical (unpaired) electrons. The van der Waals surface area contributed by atoms with Crippen LogP contribution in [0.15, 0.2) is 6.07 Å². The van der Waals surface area contributed by atoms with E-state index in [0.29, 0.717) is 5.92 Å². The molecule has 0 fully saturated rings. The SMILES string of the molecule is CC(C)c1cc(-c2c(N)sc3c2CCCC3)n[nH]1. The monoisotopic (exact) mass is 261 g/mol. The summed E-state index contributed by atoms with van der Waals surface area (Å²) in [6.07, 6.45) is 4.91. The van der Waals surface area contributed by atoms with Crippen LogP contribution in [-0.2, 0) is 12.8 Å². The van der Waals surface area contributed by atoms with Gasteiger partial charge in [0, 0.05) is 16.1 Å². The van der Waals surface area contributed by atoms with Gasteiger partial charge in [-0.05, 0) is 43.2 Å². The molecule has 18 heavy (non-hydrogen) atoms. The third-order valence-corrected chi connectivity index (χ3v) is 4.80. The molecular formula is C14H19N3S. The molecule has 0 unspecified atom stereocenters. The molecule has 0 spiro atoms. The van der Waals surface area contributed by atoms with Gasteiger partial charge >= 0.3 is 0 Å². The number of hydrogen-bond acceptors (Lipinski definition) is 3. The summed E-state index contributed by atoms with van der Waals surface area (Å²) in [6.45, 7) is 4.34. The van der Waals surface area contributed by atoms with Crippen molar-refractivity contribution in [1.29, 1.82) is 0 Å². The first kappa shape index (κ1) is 11.8. The van der Waals surface area contributed by atoms with E-state index in [-0.39, 0.29) is 0 Å². The number of aromatic nitrogens is 2. The van der Waals surface area contributed by atoms with Gasteiger partial charge in [-0.1, -0.05) is 13.8 Å². The Morgan fingerprint density at radius 3 is 2.83 bits per heavy atom. The third kappa shape index (κ3) is 1.85. The predicted octanol–water partition coefficient (Wildman–Crippen LogP) is 3.72. The number of fused-ring (bicyclic) bond motifs is 1. The Morgan fingerprint density at radius 1 is 1.33 bits per heavy atom. The van der Waals surface area contributed by atoms with E-state index in [0.717, 1.165) is 17.1 Å². The van der Waals surface area contributed by atoms with Crippen LogP contribution in [0.25, 0.3) is 11.3 Å². The Labute approximate surface area is 111 Å². The Bertz CT molecular complexity index is 566. The average Bonchev–Trinajstić information content (AvgIpc) is 2.91. The van der Waals surface area contributed by atoms with Crippen molar-refractivity contribution in [3.63, 3.8) is 0 Å². The first-order valence-electron chi connectivity index (χ1n) is 6.62. The van der Waals surface area contributed by atoms with E-state index in [1.807, 2.05) is 0 Å². The first-order valence-corrected chi connectivity index (χ1v) is 7.44. The highest BCUT2D eigenvalue weighted by Crippen LogP contribution is 2.42. The summed E-state index contributed by atoms with van der Waals surface area (Å²) in [7, 11) is 0. The van der Waals surface area contributed by atoms with Gasteiger partial charge in [0.15, 0.2) is 0 Å². The number of rotatable bonds is 2. The average molecular weight is 261 g/mol.